The number of nitriles is 1. The van der Waals surface area contributed by atoms with Gasteiger partial charge < -0.3 is 10.5 Å². The summed E-state index contributed by atoms with van der Waals surface area (Å²) < 4.78 is 22.3. The van der Waals surface area contributed by atoms with Gasteiger partial charge in [0.05, 0.1) is 21.8 Å². The van der Waals surface area contributed by atoms with Crippen LogP contribution in [0.5, 0.6) is 0 Å². The third-order valence-corrected chi connectivity index (χ3v) is 7.75. The van der Waals surface area contributed by atoms with Crippen LogP contribution >= 0.6 is 11.3 Å². The first-order valence-corrected chi connectivity index (χ1v) is 12.6. The molecule has 0 amide bonds. The summed E-state index contributed by atoms with van der Waals surface area (Å²) in [6.45, 7) is 4.00. The molecule has 184 valence electrons. The van der Waals surface area contributed by atoms with Crippen molar-refractivity contribution in [3.05, 3.63) is 88.9 Å². The lowest BCUT2D eigenvalue weighted by Crippen LogP contribution is -2.33. The first-order valence-electron chi connectivity index (χ1n) is 11.8. The normalized spacial score (nSPS) is 19.1. The molecule has 0 saturated carbocycles. The van der Waals surface area contributed by atoms with Crippen molar-refractivity contribution in [2.24, 2.45) is 11.1 Å². The molecule has 1 aliphatic heterocycles. The van der Waals surface area contributed by atoms with Crippen LogP contribution in [0.25, 0.3) is 26.6 Å². The van der Waals surface area contributed by atoms with Crippen LogP contribution < -0.4 is 5.73 Å². The first kappa shape index (κ1) is 23.1. The lowest BCUT2D eigenvalue weighted by atomic mass is 9.70. The number of hydrogen-bond donors (Lipinski definition) is 1. The van der Waals surface area contributed by atoms with Crippen molar-refractivity contribution in [2.75, 3.05) is 0 Å². The zero-order chi connectivity index (χ0) is 25.9. The maximum absolute atomic E-state index is 13.8. The number of Topliss-reactive ketones (excluding diaryl/α,β-unsaturated/α-hetero) is 1. The molecule has 1 aliphatic carbocycles. The Kier molecular flexibility index (Phi) is 5.24. The van der Waals surface area contributed by atoms with E-state index >= 15 is 0 Å². The molecule has 3 heterocycles. The predicted octanol–water partition coefficient (Wildman–Crippen LogP) is 5.74. The maximum atomic E-state index is 13.8. The minimum Gasteiger partial charge on any atom is -0.444 e. The van der Waals surface area contributed by atoms with Crippen molar-refractivity contribution < 1.29 is 13.9 Å². The summed E-state index contributed by atoms with van der Waals surface area (Å²) in [7, 11) is 0. The summed E-state index contributed by atoms with van der Waals surface area (Å²) in [6.07, 6.45) is 2.62. The second kappa shape index (κ2) is 8.39. The Morgan fingerprint density at radius 1 is 1.19 bits per heavy atom. The van der Waals surface area contributed by atoms with E-state index in [1.54, 1.807) is 23.0 Å². The highest BCUT2D eigenvalue weighted by Crippen LogP contribution is 2.49. The van der Waals surface area contributed by atoms with E-state index in [9.17, 15) is 14.4 Å². The largest absolute Gasteiger partial charge is 0.444 e. The molecule has 9 heteroatoms. The Hall–Kier alpha value is -4.29. The number of carbonyl (C=O) groups is 1. The molecule has 2 aromatic carbocycles. The second-order valence-electron chi connectivity index (χ2n) is 10.1. The van der Waals surface area contributed by atoms with Gasteiger partial charge in [-0.15, -0.1) is 0 Å². The number of benzene rings is 2. The zero-order valence-corrected chi connectivity index (χ0v) is 21.0. The van der Waals surface area contributed by atoms with Gasteiger partial charge in [-0.1, -0.05) is 37.3 Å². The van der Waals surface area contributed by atoms with Crippen molar-refractivity contribution in [3.63, 3.8) is 0 Å². The SMILES string of the molecule is CC1(C)CC(=O)C2=C(C1)OC(N)=C(C#N)C2c1cn(-c2nc3ccccc3s2)nc1-c1ccc(F)cc1. The Morgan fingerprint density at radius 2 is 1.95 bits per heavy atom. The standard InChI is InChI=1S/C28H22FN5O2S/c1-28(2)11-20(35)24-21(12-28)36-26(31)17(13-30)23(24)18-14-34(27-32-19-5-3-4-6-22(19)37-27)33-25(18)15-7-9-16(29)10-8-15/h3-10,14,23H,11-12,31H2,1-2H3. The van der Waals surface area contributed by atoms with Crippen LogP contribution in [0.4, 0.5) is 4.39 Å². The van der Waals surface area contributed by atoms with Crippen LogP contribution in [0.2, 0.25) is 0 Å². The van der Waals surface area contributed by atoms with E-state index < -0.39 is 5.92 Å². The third-order valence-electron chi connectivity index (χ3n) is 6.73. The lowest BCUT2D eigenvalue weighted by Gasteiger charge is -2.37. The van der Waals surface area contributed by atoms with Crippen LogP contribution in [0.1, 0.15) is 38.2 Å². The number of hydrogen-bond acceptors (Lipinski definition) is 7. The number of thiazole rings is 1. The third kappa shape index (κ3) is 3.90. The average molecular weight is 512 g/mol. The zero-order valence-electron chi connectivity index (χ0n) is 20.2. The molecule has 1 atom stereocenters. The number of halogens is 1. The number of fused-ring (bicyclic) bond motifs is 1. The number of allylic oxidation sites excluding steroid dienone is 3. The molecule has 4 aromatic rings. The van der Waals surface area contributed by atoms with Crippen LogP contribution in [-0.2, 0) is 9.53 Å². The number of rotatable bonds is 3. The average Bonchev–Trinajstić information content (AvgIpc) is 3.47. The van der Waals surface area contributed by atoms with Crippen LogP contribution in [0.3, 0.4) is 0 Å². The highest BCUT2D eigenvalue weighted by Gasteiger charge is 2.44. The predicted molar refractivity (Wildman–Crippen MR) is 138 cm³/mol. The maximum Gasteiger partial charge on any atom is 0.211 e. The summed E-state index contributed by atoms with van der Waals surface area (Å²) in [5.74, 6) is -0.761. The van der Waals surface area contributed by atoms with Crippen molar-refractivity contribution in [1.82, 2.24) is 14.8 Å². The fourth-order valence-electron chi connectivity index (χ4n) is 5.08. The number of nitrogens with two attached hydrogens (primary N) is 1. The number of ketones is 1. The molecule has 0 radical (unpaired) electrons. The van der Waals surface area contributed by atoms with E-state index in [1.807, 2.05) is 38.1 Å². The molecule has 7 nitrogen and oxygen atoms in total. The van der Waals surface area contributed by atoms with Crippen LogP contribution in [0, 0.1) is 22.6 Å². The summed E-state index contributed by atoms with van der Waals surface area (Å²) in [5, 5.41) is 15.6. The lowest BCUT2D eigenvalue weighted by molar-refractivity contribution is -0.119. The van der Waals surface area contributed by atoms with E-state index in [4.69, 9.17) is 20.6 Å². The van der Waals surface area contributed by atoms with E-state index in [2.05, 4.69) is 6.07 Å². The number of para-hydroxylation sites is 1. The fraction of sp³-hybridized carbons (Fsp3) is 0.214. The van der Waals surface area contributed by atoms with Gasteiger partial charge in [0, 0.05) is 35.7 Å². The van der Waals surface area contributed by atoms with E-state index in [1.165, 1.54) is 23.5 Å². The molecule has 2 aliphatic rings. The molecular formula is C28H22FN5O2S. The van der Waals surface area contributed by atoms with Crippen molar-refractivity contribution in [1.29, 1.82) is 5.26 Å². The summed E-state index contributed by atoms with van der Waals surface area (Å²) in [6, 6.07) is 15.9. The quantitative estimate of drug-likeness (QED) is 0.376. The van der Waals surface area contributed by atoms with Gasteiger partial charge in [0.25, 0.3) is 0 Å². The Labute approximate surface area is 216 Å². The van der Waals surface area contributed by atoms with Crippen molar-refractivity contribution in [2.45, 2.75) is 32.6 Å². The molecule has 0 spiro atoms. The Balaban J connectivity index is 1.60. The highest BCUT2D eigenvalue weighted by atomic mass is 32.1. The van der Waals surface area contributed by atoms with Crippen molar-refractivity contribution in [3.8, 4) is 22.5 Å². The van der Waals surface area contributed by atoms with E-state index in [0.29, 0.717) is 46.1 Å². The topological polar surface area (TPSA) is 107 Å². The van der Waals surface area contributed by atoms with Gasteiger partial charge in [-0.05, 0) is 41.8 Å². The fourth-order valence-corrected chi connectivity index (χ4v) is 5.98. The molecule has 6 rings (SSSR count). The number of carbonyl (C=O) groups excluding carboxylic acids is 1. The van der Waals surface area contributed by atoms with Gasteiger partial charge >= 0.3 is 0 Å². The van der Waals surface area contributed by atoms with Gasteiger partial charge in [0.1, 0.15) is 23.2 Å². The van der Waals surface area contributed by atoms with Crippen LogP contribution in [0.15, 0.2) is 77.5 Å². The Morgan fingerprint density at radius 3 is 2.68 bits per heavy atom. The van der Waals surface area contributed by atoms with Crippen molar-refractivity contribution >= 4 is 27.3 Å². The molecule has 1 unspecified atom stereocenters. The smallest absolute Gasteiger partial charge is 0.211 e. The molecule has 0 bridgehead atoms. The van der Waals surface area contributed by atoms with Gasteiger partial charge in [-0.25, -0.2) is 14.1 Å². The van der Waals surface area contributed by atoms with Gasteiger partial charge in [-0.2, -0.15) is 10.4 Å². The molecule has 2 aromatic heterocycles. The van der Waals surface area contributed by atoms with Gasteiger partial charge in [0.2, 0.25) is 11.0 Å². The second-order valence-corrected chi connectivity index (χ2v) is 11.1. The monoisotopic (exact) mass is 511 g/mol. The Bertz CT molecular complexity index is 1650. The van der Waals surface area contributed by atoms with Crippen LogP contribution in [-0.4, -0.2) is 20.5 Å². The number of ether oxygens (including phenoxy) is 1. The molecular weight excluding hydrogens is 489 g/mol. The molecule has 0 fully saturated rings. The number of nitrogens with zero attached hydrogens (tertiary/aromatic N) is 4. The van der Waals surface area contributed by atoms with E-state index in [-0.39, 0.29) is 28.5 Å². The summed E-state index contributed by atoms with van der Waals surface area (Å²) in [5.41, 5.74) is 9.12. The van der Waals surface area contributed by atoms with Gasteiger partial charge in [0.15, 0.2) is 5.78 Å². The summed E-state index contributed by atoms with van der Waals surface area (Å²) >= 11 is 1.47. The minimum absolute atomic E-state index is 0.0189. The first-order chi connectivity index (χ1) is 17.7. The molecule has 0 saturated heterocycles. The highest BCUT2D eigenvalue weighted by molar-refractivity contribution is 7.20. The molecule has 37 heavy (non-hydrogen) atoms. The minimum atomic E-state index is -0.763. The summed E-state index contributed by atoms with van der Waals surface area (Å²) in [4.78, 5) is 18.2. The van der Waals surface area contributed by atoms with E-state index in [0.717, 1.165) is 10.2 Å². The van der Waals surface area contributed by atoms with Gasteiger partial charge in [-0.3, -0.25) is 4.79 Å². The molecule has 2 N–H and O–H groups in total. The number of aromatic nitrogens is 3.